The molecule has 0 N–H and O–H groups in total. The Hall–Kier alpha value is -0.850. The molecule has 25 heavy (non-hydrogen) atoms. The molecular formula is C24H44N+. The van der Waals surface area contributed by atoms with E-state index in [9.17, 15) is 0 Å². The van der Waals surface area contributed by atoms with E-state index in [4.69, 9.17) is 0 Å². The molecule has 0 aromatic carbocycles. The summed E-state index contributed by atoms with van der Waals surface area (Å²) in [6.45, 7) is 4.59. The highest BCUT2D eigenvalue weighted by Gasteiger charge is 2.16. The third kappa shape index (κ3) is 12.2. The van der Waals surface area contributed by atoms with Crippen molar-refractivity contribution in [2.75, 3.05) is 0 Å². The van der Waals surface area contributed by atoms with Crippen LogP contribution < -0.4 is 4.57 Å². The monoisotopic (exact) mass is 346 g/mol. The molecule has 1 nitrogen and oxygen atoms in total. The van der Waals surface area contributed by atoms with Crippen LogP contribution in [0.1, 0.15) is 123 Å². The van der Waals surface area contributed by atoms with Crippen LogP contribution in [0.25, 0.3) is 0 Å². The first-order valence-electron chi connectivity index (χ1n) is 11.3. The third-order valence-corrected chi connectivity index (χ3v) is 5.44. The topological polar surface area (TPSA) is 3.88 Å². The first kappa shape index (κ1) is 22.2. The van der Waals surface area contributed by atoms with Crippen LogP contribution in [0.2, 0.25) is 0 Å². The fraction of sp³-hybridized carbons (Fsp3) is 0.792. The predicted molar refractivity (Wildman–Crippen MR) is 111 cm³/mol. The molecule has 0 spiro atoms. The highest BCUT2D eigenvalue weighted by atomic mass is 15.0. The molecule has 0 aliphatic rings. The Bertz CT molecular complexity index is 355. The fourth-order valence-corrected chi connectivity index (χ4v) is 3.77. The second kappa shape index (κ2) is 16.6. The average molecular weight is 347 g/mol. The van der Waals surface area contributed by atoms with Crippen molar-refractivity contribution in [2.24, 2.45) is 0 Å². The predicted octanol–water partition coefficient (Wildman–Crippen LogP) is 7.80. The molecular weight excluding hydrogens is 302 g/mol. The fourth-order valence-electron chi connectivity index (χ4n) is 3.77. The van der Waals surface area contributed by atoms with Gasteiger partial charge in [-0.1, -0.05) is 97.0 Å². The van der Waals surface area contributed by atoms with Gasteiger partial charge < -0.3 is 0 Å². The maximum Gasteiger partial charge on any atom is 0.169 e. The molecule has 0 saturated carbocycles. The van der Waals surface area contributed by atoms with E-state index in [0.717, 1.165) is 0 Å². The van der Waals surface area contributed by atoms with E-state index >= 15 is 0 Å². The summed E-state index contributed by atoms with van der Waals surface area (Å²) in [6, 6.07) is 7.22. The normalized spacial score (nSPS) is 11.3. The Kier molecular flexibility index (Phi) is 14.7. The van der Waals surface area contributed by atoms with Gasteiger partial charge in [0.2, 0.25) is 0 Å². The molecule has 1 aromatic heterocycles. The standard InChI is InChI=1S/C24H44N/c1-3-5-7-9-11-13-16-20-24(25-22-18-15-19-23-25)21-17-14-12-10-8-6-4-2/h15,18-19,22-24H,3-14,16-17,20-21H2,1-2H3/q+1. The van der Waals surface area contributed by atoms with Crippen molar-refractivity contribution in [3.05, 3.63) is 30.6 Å². The summed E-state index contributed by atoms with van der Waals surface area (Å²) in [5, 5.41) is 0. The third-order valence-electron chi connectivity index (χ3n) is 5.44. The average Bonchev–Trinajstić information content (AvgIpc) is 2.65. The summed E-state index contributed by atoms with van der Waals surface area (Å²) in [4.78, 5) is 0. The summed E-state index contributed by atoms with van der Waals surface area (Å²) >= 11 is 0. The minimum Gasteiger partial charge on any atom is -0.202 e. The molecule has 144 valence electrons. The Morgan fingerprint density at radius 3 is 1.36 bits per heavy atom. The minimum atomic E-state index is 0.715. The largest absolute Gasteiger partial charge is 0.202 e. The lowest BCUT2D eigenvalue weighted by atomic mass is 9.99. The molecule has 0 aliphatic carbocycles. The zero-order chi connectivity index (χ0) is 18.0. The molecule has 0 bridgehead atoms. The summed E-state index contributed by atoms with van der Waals surface area (Å²) in [5.41, 5.74) is 0. The number of unbranched alkanes of at least 4 members (excludes halogenated alkanes) is 12. The van der Waals surface area contributed by atoms with Crippen molar-refractivity contribution in [1.29, 1.82) is 0 Å². The van der Waals surface area contributed by atoms with Crippen LogP contribution in [-0.2, 0) is 0 Å². The van der Waals surface area contributed by atoms with Gasteiger partial charge in [-0.2, -0.15) is 0 Å². The number of rotatable bonds is 17. The first-order valence-corrected chi connectivity index (χ1v) is 11.3. The van der Waals surface area contributed by atoms with Crippen LogP contribution in [0, 0.1) is 0 Å². The summed E-state index contributed by atoms with van der Waals surface area (Å²) in [5.74, 6) is 0. The quantitative estimate of drug-likeness (QED) is 0.200. The second-order valence-corrected chi connectivity index (χ2v) is 7.80. The van der Waals surface area contributed by atoms with Crippen LogP contribution in [0.15, 0.2) is 30.6 Å². The van der Waals surface area contributed by atoms with E-state index in [1.165, 1.54) is 103 Å². The van der Waals surface area contributed by atoms with Gasteiger partial charge in [0.25, 0.3) is 0 Å². The molecule has 1 rings (SSSR count). The van der Waals surface area contributed by atoms with Crippen molar-refractivity contribution in [1.82, 2.24) is 0 Å². The zero-order valence-electron chi connectivity index (χ0n) is 17.2. The smallest absolute Gasteiger partial charge is 0.169 e. The zero-order valence-corrected chi connectivity index (χ0v) is 17.2. The van der Waals surface area contributed by atoms with E-state index in [1.54, 1.807) is 0 Å². The molecule has 1 heteroatoms. The Morgan fingerprint density at radius 1 is 0.520 bits per heavy atom. The number of hydrogen-bond donors (Lipinski definition) is 0. The van der Waals surface area contributed by atoms with E-state index < -0.39 is 0 Å². The van der Waals surface area contributed by atoms with Gasteiger partial charge >= 0.3 is 0 Å². The van der Waals surface area contributed by atoms with Crippen LogP contribution >= 0.6 is 0 Å². The maximum atomic E-state index is 2.47. The molecule has 0 amide bonds. The van der Waals surface area contributed by atoms with Crippen molar-refractivity contribution < 1.29 is 4.57 Å². The summed E-state index contributed by atoms with van der Waals surface area (Å²) in [7, 11) is 0. The van der Waals surface area contributed by atoms with E-state index in [-0.39, 0.29) is 0 Å². The van der Waals surface area contributed by atoms with Gasteiger partial charge in [0, 0.05) is 25.0 Å². The Morgan fingerprint density at radius 2 is 0.920 bits per heavy atom. The number of pyridine rings is 1. The number of hydrogen-bond acceptors (Lipinski definition) is 0. The molecule has 1 aromatic rings. The van der Waals surface area contributed by atoms with Crippen molar-refractivity contribution in [3.8, 4) is 0 Å². The molecule has 1 heterocycles. The van der Waals surface area contributed by atoms with Gasteiger partial charge in [-0.25, -0.2) is 4.57 Å². The van der Waals surface area contributed by atoms with Gasteiger partial charge in [-0.15, -0.1) is 0 Å². The van der Waals surface area contributed by atoms with E-state index in [0.29, 0.717) is 6.04 Å². The van der Waals surface area contributed by atoms with Crippen molar-refractivity contribution >= 4 is 0 Å². The highest BCUT2D eigenvalue weighted by Crippen LogP contribution is 2.19. The van der Waals surface area contributed by atoms with Gasteiger partial charge in [0.1, 0.15) is 0 Å². The number of aromatic nitrogens is 1. The van der Waals surface area contributed by atoms with Crippen LogP contribution in [-0.4, -0.2) is 0 Å². The minimum absolute atomic E-state index is 0.715. The van der Waals surface area contributed by atoms with E-state index in [2.05, 4.69) is 49.0 Å². The van der Waals surface area contributed by atoms with Gasteiger partial charge in [-0.3, -0.25) is 0 Å². The summed E-state index contributed by atoms with van der Waals surface area (Å²) < 4.78 is 2.47. The molecule has 0 unspecified atom stereocenters. The molecule has 0 atom stereocenters. The van der Waals surface area contributed by atoms with Crippen molar-refractivity contribution in [3.63, 3.8) is 0 Å². The highest BCUT2D eigenvalue weighted by molar-refractivity contribution is 4.84. The van der Waals surface area contributed by atoms with Gasteiger partial charge in [-0.05, 0) is 12.8 Å². The SMILES string of the molecule is CCCCCCCCCC(CCCCCCCCC)[n+]1ccccc1. The van der Waals surface area contributed by atoms with Gasteiger partial charge in [0.05, 0.1) is 0 Å². The van der Waals surface area contributed by atoms with Crippen LogP contribution in [0.3, 0.4) is 0 Å². The summed E-state index contributed by atoms with van der Waals surface area (Å²) in [6.07, 6.45) is 27.1. The van der Waals surface area contributed by atoms with Crippen LogP contribution in [0.4, 0.5) is 0 Å². The van der Waals surface area contributed by atoms with E-state index in [1.807, 2.05) is 0 Å². The van der Waals surface area contributed by atoms with Crippen LogP contribution in [0.5, 0.6) is 0 Å². The lowest BCUT2D eigenvalue weighted by Crippen LogP contribution is -2.38. The van der Waals surface area contributed by atoms with Gasteiger partial charge in [0.15, 0.2) is 18.4 Å². The Balaban J connectivity index is 2.21. The van der Waals surface area contributed by atoms with Crippen molar-refractivity contribution in [2.45, 2.75) is 123 Å². The second-order valence-electron chi connectivity index (χ2n) is 7.80. The molecule has 0 aliphatic heterocycles. The molecule has 0 fully saturated rings. The lowest BCUT2D eigenvalue weighted by molar-refractivity contribution is -0.724. The molecule has 0 radical (unpaired) electrons. The molecule has 0 saturated heterocycles. The maximum absolute atomic E-state index is 2.47. The first-order chi connectivity index (χ1) is 12.4. The Labute approximate surface area is 158 Å². The lowest BCUT2D eigenvalue weighted by Gasteiger charge is -2.12. The number of nitrogens with zero attached hydrogens (tertiary/aromatic N) is 1.